The maximum atomic E-state index is 13.3. The molecule has 1 atom stereocenters. The van der Waals surface area contributed by atoms with Crippen molar-refractivity contribution in [1.29, 1.82) is 0 Å². The molecule has 10 nitrogen and oxygen atoms in total. The van der Waals surface area contributed by atoms with Gasteiger partial charge in [-0.2, -0.15) is 9.83 Å². The maximum Gasteiger partial charge on any atom is 0.469 e. The molecule has 0 unspecified atom stereocenters. The van der Waals surface area contributed by atoms with Crippen molar-refractivity contribution in [1.82, 2.24) is 14.8 Å². The fourth-order valence-corrected chi connectivity index (χ4v) is 3.81. The van der Waals surface area contributed by atoms with Crippen LogP contribution in [0.15, 0.2) is 18.6 Å². The Morgan fingerprint density at radius 2 is 2.10 bits per heavy atom. The second kappa shape index (κ2) is 8.78. The molecule has 1 aliphatic rings. The van der Waals surface area contributed by atoms with Crippen LogP contribution in [0.5, 0.6) is 0 Å². The summed E-state index contributed by atoms with van der Waals surface area (Å²) in [5.74, 6) is 0.180. The van der Waals surface area contributed by atoms with E-state index in [0.717, 1.165) is 30.5 Å². The van der Waals surface area contributed by atoms with Gasteiger partial charge in [0.25, 0.3) is 0 Å². The van der Waals surface area contributed by atoms with Gasteiger partial charge in [-0.15, -0.1) is 0 Å². The van der Waals surface area contributed by atoms with Crippen molar-refractivity contribution in [3.63, 3.8) is 0 Å². The van der Waals surface area contributed by atoms with Crippen molar-refractivity contribution >= 4 is 13.6 Å². The molecule has 0 amide bonds. The molecule has 2 heterocycles. The first kappa shape index (κ1) is 23.5. The summed E-state index contributed by atoms with van der Waals surface area (Å²) in [4.78, 5) is 35.6. The second-order valence-electron chi connectivity index (χ2n) is 9.22. The van der Waals surface area contributed by atoms with Gasteiger partial charge in [-0.05, 0) is 43.4 Å². The molecular formula is C20H29N4O6P. The van der Waals surface area contributed by atoms with E-state index in [4.69, 9.17) is 14.3 Å². The Labute approximate surface area is 181 Å². The fourth-order valence-electron chi connectivity index (χ4n) is 3.43. The minimum atomic E-state index is -4.64. The summed E-state index contributed by atoms with van der Waals surface area (Å²) in [5, 5.41) is 16.2. The number of hydrogen-bond acceptors (Lipinski definition) is 6. The fraction of sp³-hybridized carbons (Fsp3) is 0.600. The van der Waals surface area contributed by atoms with E-state index < -0.39 is 19.2 Å². The predicted octanol–water partition coefficient (Wildman–Crippen LogP) is 2.51. The van der Waals surface area contributed by atoms with Crippen LogP contribution in [0.25, 0.3) is 5.82 Å². The van der Waals surface area contributed by atoms with E-state index in [-0.39, 0.29) is 18.8 Å². The van der Waals surface area contributed by atoms with Crippen LogP contribution < -0.4 is 4.73 Å². The highest BCUT2D eigenvalue weighted by Gasteiger charge is 2.34. The van der Waals surface area contributed by atoms with E-state index in [1.165, 1.54) is 23.3 Å². The van der Waals surface area contributed by atoms with Gasteiger partial charge in [-0.1, -0.05) is 20.8 Å². The Bertz CT molecular complexity index is 1010. The normalized spacial score (nSPS) is 15.8. The molecule has 3 rings (SSSR count). The first-order valence-electron chi connectivity index (χ1n) is 10.2. The number of ketones is 1. The van der Waals surface area contributed by atoms with E-state index >= 15 is 0 Å². The molecule has 11 heteroatoms. The summed E-state index contributed by atoms with van der Waals surface area (Å²) in [6.45, 7) is 7.29. The number of carbonyl (C=O) groups is 1. The third-order valence-electron chi connectivity index (χ3n) is 5.67. The molecule has 31 heavy (non-hydrogen) atoms. The lowest BCUT2D eigenvalue weighted by Gasteiger charge is -2.30. The highest BCUT2D eigenvalue weighted by molar-refractivity contribution is 7.46. The molecule has 2 aromatic heterocycles. The van der Waals surface area contributed by atoms with Crippen molar-refractivity contribution in [2.24, 2.45) is 17.3 Å². The Balaban J connectivity index is 1.92. The molecule has 0 spiro atoms. The Morgan fingerprint density at radius 3 is 2.65 bits per heavy atom. The number of phosphoric acid groups is 1. The van der Waals surface area contributed by atoms with Crippen LogP contribution in [0.3, 0.4) is 0 Å². The van der Waals surface area contributed by atoms with Crippen LogP contribution in [0.4, 0.5) is 0 Å². The number of rotatable bonds is 9. The van der Waals surface area contributed by atoms with Crippen LogP contribution in [0.2, 0.25) is 0 Å². The zero-order valence-electron chi connectivity index (χ0n) is 18.2. The zero-order chi connectivity index (χ0) is 23.0. The van der Waals surface area contributed by atoms with Crippen LogP contribution >= 0.6 is 7.82 Å². The first-order valence-corrected chi connectivity index (χ1v) is 11.7. The maximum absolute atomic E-state index is 13.3. The molecule has 0 aliphatic heterocycles. The number of Topliss-reactive ketones (excluding diaryl/α,β-unsaturated/α-hetero) is 1. The predicted molar refractivity (Wildman–Crippen MR) is 111 cm³/mol. The minimum absolute atomic E-state index is 0.0292. The van der Waals surface area contributed by atoms with E-state index in [2.05, 4.69) is 10.1 Å². The average molecular weight is 452 g/mol. The summed E-state index contributed by atoms with van der Waals surface area (Å²) in [6, 6.07) is 0. The van der Waals surface area contributed by atoms with E-state index in [1.54, 1.807) is 0 Å². The molecule has 0 saturated heterocycles. The van der Waals surface area contributed by atoms with Crippen molar-refractivity contribution in [2.45, 2.75) is 53.4 Å². The van der Waals surface area contributed by atoms with E-state index in [9.17, 15) is 14.6 Å². The molecular weight excluding hydrogens is 423 g/mol. The number of hydrogen-bond donors (Lipinski definition) is 2. The number of phosphoric ester groups is 1. The van der Waals surface area contributed by atoms with E-state index in [0.29, 0.717) is 22.2 Å². The number of nitrogens with zero attached hydrogens (tertiary/aromatic N) is 4. The van der Waals surface area contributed by atoms with E-state index in [1.807, 2.05) is 27.7 Å². The third-order valence-corrected chi connectivity index (χ3v) is 6.16. The standard InChI is InChI=1S/C20H29N4O6P/c1-13-16(9-14-5-6-14)19(22-24(13)18-11-23(26)8-7-21-18)17(25)10-15(20(2,3)4)12-30-31(27,28)29/h7-8,11,14-15H,5-6,9-10,12H2,1-4H3,(H2,27,28,29)/t15-/m1/s1. The lowest BCUT2D eigenvalue weighted by atomic mass is 9.78. The monoisotopic (exact) mass is 452 g/mol. The Hall–Kier alpha value is -2.13. The van der Waals surface area contributed by atoms with Gasteiger partial charge in [0, 0.05) is 17.7 Å². The molecule has 0 bridgehead atoms. The average Bonchev–Trinajstić information content (AvgIpc) is 3.40. The molecule has 0 aromatic carbocycles. The quantitative estimate of drug-likeness (QED) is 0.256. The summed E-state index contributed by atoms with van der Waals surface area (Å²) in [7, 11) is -4.64. The molecule has 2 aromatic rings. The van der Waals surface area contributed by atoms with Gasteiger partial charge < -0.3 is 15.0 Å². The third kappa shape index (κ3) is 6.20. The van der Waals surface area contributed by atoms with Crippen molar-refractivity contribution < 1.29 is 28.4 Å². The Kier molecular flexibility index (Phi) is 6.67. The summed E-state index contributed by atoms with van der Waals surface area (Å²) in [5.41, 5.74) is 1.48. The summed E-state index contributed by atoms with van der Waals surface area (Å²) >= 11 is 0. The van der Waals surface area contributed by atoms with Gasteiger partial charge in [-0.3, -0.25) is 9.32 Å². The van der Waals surface area contributed by atoms with Gasteiger partial charge in [0.15, 0.2) is 12.0 Å². The van der Waals surface area contributed by atoms with Crippen LogP contribution in [0.1, 0.15) is 61.8 Å². The highest BCUT2D eigenvalue weighted by Crippen LogP contribution is 2.40. The topological polar surface area (TPSA) is 141 Å². The van der Waals surface area contributed by atoms with Gasteiger partial charge in [0.2, 0.25) is 12.0 Å². The molecule has 1 aliphatic carbocycles. The van der Waals surface area contributed by atoms with Gasteiger partial charge in [-0.25, -0.2) is 14.2 Å². The highest BCUT2D eigenvalue weighted by atomic mass is 31.2. The number of carbonyl (C=O) groups excluding carboxylic acids is 1. The van der Waals surface area contributed by atoms with Crippen LogP contribution in [0, 0.1) is 29.4 Å². The van der Waals surface area contributed by atoms with Gasteiger partial charge in [0.05, 0.1) is 12.8 Å². The first-order chi connectivity index (χ1) is 14.3. The number of aromatic nitrogens is 4. The summed E-state index contributed by atoms with van der Waals surface area (Å²) < 4.78 is 18.0. The largest absolute Gasteiger partial charge is 0.619 e. The smallest absolute Gasteiger partial charge is 0.469 e. The van der Waals surface area contributed by atoms with Crippen molar-refractivity contribution in [2.75, 3.05) is 6.61 Å². The Morgan fingerprint density at radius 1 is 1.42 bits per heavy atom. The molecule has 0 radical (unpaired) electrons. The SMILES string of the molecule is Cc1c(CC2CC2)c(C(=O)C[C@H](COP(=O)(O)O)C(C)(C)C)nn1-c1c[n+]([O-])ccn1. The lowest BCUT2D eigenvalue weighted by molar-refractivity contribution is -0.605. The lowest BCUT2D eigenvalue weighted by Crippen LogP contribution is -2.28. The van der Waals surface area contributed by atoms with Gasteiger partial charge >= 0.3 is 7.82 Å². The summed E-state index contributed by atoms with van der Waals surface area (Å²) in [6.07, 6.45) is 6.89. The zero-order valence-corrected chi connectivity index (χ0v) is 19.1. The molecule has 2 N–H and O–H groups in total. The molecule has 170 valence electrons. The molecule has 1 fully saturated rings. The van der Waals surface area contributed by atoms with Crippen molar-refractivity contribution in [3.8, 4) is 5.82 Å². The minimum Gasteiger partial charge on any atom is -0.619 e. The van der Waals surface area contributed by atoms with Gasteiger partial charge in [0.1, 0.15) is 5.69 Å². The van der Waals surface area contributed by atoms with Crippen LogP contribution in [-0.2, 0) is 15.5 Å². The second-order valence-corrected chi connectivity index (χ2v) is 10.5. The van der Waals surface area contributed by atoms with Crippen molar-refractivity contribution in [3.05, 3.63) is 40.7 Å². The van der Waals surface area contributed by atoms with Crippen LogP contribution in [-0.4, -0.2) is 36.9 Å². The molecule has 1 saturated carbocycles.